The number of piperidine rings is 1. The Hall–Kier alpha value is -2.48. The van der Waals surface area contributed by atoms with Gasteiger partial charge in [-0.2, -0.15) is 13.9 Å². The molecule has 1 saturated heterocycles. The van der Waals surface area contributed by atoms with E-state index < -0.39 is 6.61 Å². The van der Waals surface area contributed by atoms with Crippen molar-refractivity contribution in [1.82, 2.24) is 20.4 Å². The summed E-state index contributed by atoms with van der Waals surface area (Å²) in [6.45, 7) is -0.687. The van der Waals surface area contributed by atoms with Gasteiger partial charge in [0.25, 0.3) is 5.91 Å². The molecule has 3 rings (SSSR count). The Morgan fingerprint density at radius 1 is 1.36 bits per heavy atom. The van der Waals surface area contributed by atoms with Gasteiger partial charge >= 0.3 is 6.61 Å². The fourth-order valence-electron chi connectivity index (χ4n) is 2.78. The summed E-state index contributed by atoms with van der Waals surface area (Å²) >= 11 is 0. The number of nitrogens with one attached hydrogen (secondary N) is 2. The third-order valence-corrected chi connectivity index (χ3v) is 4.09. The SMILES string of the molecule is O=C(NCc1ccc(OC(F)F)cc1)c1ccn(C2CCCNC2)n1. The zero-order valence-electron chi connectivity index (χ0n) is 13.6. The molecule has 25 heavy (non-hydrogen) atoms. The number of aromatic nitrogens is 2. The third kappa shape index (κ3) is 4.76. The molecule has 2 heterocycles. The van der Waals surface area contributed by atoms with E-state index in [0.717, 1.165) is 31.5 Å². The molecule has 1 amide bonds. The first kappa shape index (κ1) is 17.3. The predicted molar refractivity (Wildman–Crippen MR) is 87.6 cm³/mol. The Labute approximate surface area is 144 Å². The maximum absolute atomic E-state index is 12.2. The molecule has 1 atom stereocenters. The standard InChI is InChI=1S/C17H20F2N4O2/c18-17(19)25-14-5-3-12(4-6-14)10-21-16(24)15-7-9-23(22-15)13-2-1-8-20-11-13/h3-7,9,13,17,20H,1-2,8,10-11H2,(H,21,24). The number of carbonyl (C=O) groups excluding carboxylic acids is 1. The van der Waals surface area contributed by atoms with Crippen LogP contribution in [0.1, 0.15) is 34.9 Å². The number of hydrogen-bond acceptors (Lipinski definition) is 4. The van der Waals surface area contributed by atoms with Crippen LogP contribution in [0.25, 0.3) is 0 Å². The highest BCUT2D eigenvalue weighted by molar-refractivity contribution is 5.92. The van der Waals surface area contributed by atoms with E-state index in [4.69, 9.17) is 0 Å². The van der Waals surface area contributed by atoms with Crippen LogP contribution in [0, 0.1) is 0 Å². The average Bonchev–Trinajstić information content (AvgIpc) is 3.11. The van der Waals surface area contributed by atoms with Crippen molar-refractivity contribution in [2.75, 3.05) is 13.1 Å². The fraction of sp³-hybridized carbons (Fsp3) is 0.412. The molecule has 1 fully saturated rings. The van der Waals surface area contributed by atoms with Crippen LogP contribution < -0.4 is 15.4 Å². The van der Waals surface area contributed by atoms with Crippen LogP contribution in [-0.4, -0.2) is 35.4 Å². The topological polar surface area (TPSA) is 68.2 Å². The first-order valence-electron chi connectivity index (χ1n) is 8.19. The quantitative estimate of drug-likeness (QED) is 0.839. The molecule has 134 valence electrons. The maximum Gasteiger partial charge on any atom is 0.387 e. The van der Waals surface area contributed by atoms with E-state index in [0.29, 0.717) is 5.69 Å². The molecule has 2 N–H and O–H groups in total. The Balaban J connectivity index is 1.53. The average molecular weight is 350 g/mol. The number of carbonyl (C=O) groups is 1. The van der Waals surface area contributed by atoms with Crippen LogP contribution in [0.4, 0.5) is 8.78 Å². The van der Waals surface area contributed by atoms with Crippen molar-refractivity contribution in [3.05, 3.63) is 47.8 Å². The van der Waals surface area contributed by atoms with E-state index in [1.54, 1.807) is 18.2 Å². The molecule has 0 radical (unpaired) electrons. The number of alkyl halides is 2. The van der Waals surface area contributed by atoms with Crippen molar-refractivity contribution in [2.24, 2.45) is 0 Å². The number of rotatable bonds is 6. The monoisotopic (exact) mass is 350 g/mol. The lowest BCUT2D eigenvalue weighted by Gasteiger charge is -2.22. The highest BCUT2D eigenvalue weighted by Gasteiger charge is 2.17. The Morgan fingerprint density at radius 2 is 2.16 bits per heavy atom. The van der Waals surface area contributed by atoms with Crippen LogP contribution in [-0.2, 0) is 6.54 Å². The Bertz CT molecular complexity index is 697. The van der Waals surface area contributed by atoms with E-state index >= 15 is 0 Å². The lowest BCUT2D eigenvalue weighted by atomic mass is 10.1. The van der Waals surface area contributed by atoms with Crippen LogP contribution in [0.2, 0.25) is 0 Å². The van der Waals surface area contributed by atoms with Crippen molar-refractivity contribution in [3.63, 3.8) is 0 Å². The summed E-state index contributed by atoms with van der Waals surface area (Å²) < 4.78 is 30.3. The van der Waals surface area contributed by atoms with Gasteiger partial charge in [-0.3, -0.25) is 9.48 Å². The van der Waals surface area contributed by atoms with Gasteiger partial charge in [0.05, 0.1) is 6.04 Å². The van der Waals surface area contributed by atoms with E-state index in [-0.39, 0.29) is 24.2 Å². The molecule has 0 spiro atoms. The highest BCUT2D eigenvalue weighted by atomic mass is 19.3. The second-order valence-electron chi connectivity index (χ2n) is 5.89. The fourth-order valence-corrected chi connectivity index (χ4v) is 2.78. The van der Waals surface area contributed by atoms with E-state index in [1.807, 2.05) is 10.9 Å². The van der Waals surface area contributed by atoms with Gasteiger partial charge in [-0.05, 0) is 43.1 Å². The molecule has 8 heteroatoms. The van der Waals surface area contributed by atoms with Gasteiger partial charge in [-0.15, -0.1) is 0 Å². The van der Waals surface area contributed by atoms with Crippen molar-refractivity contribution < 1.29 is 18.3 Å². The number of nitrogens with zero attached hydrogens (tertiary/aromatic N) is 2. The van der Waals surface area contributed by atoms with Crippen LogP contribution >= 0.6 is 0 Å². The number of halogens is 2. The first-order chi connectivity index (χ1) is 12.1. The summed E-state index contributed by atoms with van der Waals surface area (Å²) in [7, 11) is 0. The van der Waals surface area contributed by atoms with Crippen molar-refractivity contribution >= 4 is 5.91 Å². The van der Waals surface area contributed by atoms with E-state index in [1.165, 1.54) is 12.1 Å². The second kappa shape index (κ2) is 8.06. The molecule has 1 aromatic heterocycles. The van der Waals surface area contributed by atoms with Gasteiger partial charge in [0.15, 0.2) is 0 Å². The zero-order chi connectivity index (χ0) is 17.6. The van der Waals surface area contributed by atoms with Gasteiger partial charge in [0.1, 0.15) is 11.4 Å². The smallest absolute Gasteiger partial charge is 0.387 e. The number of benzene rings is 1. The molecular weight excluding hydrogens is 330 g/mol. The van der Waals surface area contributed by atoms with Gasteiger partial charge in [-0.25, -0.2) is 0 Å². The van der Waals surface area contributed by atoms with Gasteiger partial charge in [-0.1, -0.05) is 12.1 Å². The zero-order valence-corrected chi connectivity index (χ0v) is 13.6. The Kier molecular flexibility index (Phi) is 5.60. The highest BCUT2D eigenvalue weighted by Crippen LogP contribution is 2.16. The molecule has 1 aromatic carbocycles. The number of hydrogen-bond donors (Lipinski definition) is 2. The lowest BCUT2D eigenvalue weighted by Crippen LogP contribution is -2.32. The second-order valence-corrected chi connectivity index (χ2v) is 5.89. The van der Waals surface area contributed by atoms with E-state index in [9.17, 15) is 13.6 Å². The van der Waals surface area contributed by atoms with Crippen molar-refractivity contribution in [3.8, 4) is 5.75 Å². The summed E-state index contributed by atoms with van der Waals surface area (Å²) in [6, 6.07) is 8.12. The molecule has 6 nitrogen and oxygen atoms in total. The third-order valence-electron chi connectivity index (χ3n) is 4.09. The first-order valence-corrected chi connectivity index (χ1v) is 8.19. The molecule has 1 unspecified atom stereocenters. The molecule has 0 aliphatic carbocycles. The van der Waals surface area contributed by atoms with Crippen LogP contribution in [0.15, 0.2) is 36.5 Å². The van der Waals surface area contributed by atoms with Crippen molar-refractivity contribution in [2.45, 2.75) is 32.0 Å². The lowest BCUT2D eigenvalue weighted by molar-refractivity contribution is -0.0498. The summed E-state index contributed by atoms with van der Waals surface area (Å²) in [6.07, 6.45) is 3.96. The van der Waals surface area contributed by atoms with Crippen molar-refractivity contribution in [1.29, 1.82) is 0 Å². The van der Waals surface area contributed by atoms with Gasteiger partial charge in [0, 0.05) is 19.3 Å². The summed E-state index contributed by atoms with van der Waals surface area (Å²) in [5.74, 6) is -0.180. The minimum Gasteiger partial charge on any atom is -0.435 e. The maximum atomic E-state index is 12.2. The number of ether oxygens (including phenoxy) is 1. The predicted octanol–water partition coefficient (Wildman–Crippen LogP) is 2.34. The van der Waals surface area contributed by atoms with Gasteiger partial charge in [0.2, 0.25) is 0 Å². The Morgan fingerprint density at radius 3 is 2.84 bits per heavy atom. The minimum atomic E-state index is -2.85. The molecule has 2 aromatic rings. The summed E-state index contributed by atoms with van der Waals surface area (Å²) in [4.78, 5) is 12.2. The molecule has 0 bridgehead atoms. The van der Waals surface area contributed by atoms with Gasteiger partial charge < -0.3 is 15.4 Å². The largest absolute Gasteiger partial charge is 0.435 e. The van der Waals surface area contributed by atoms with Crippen LogP contribution in [0.3, 0.4) is 0 Å². The number of amides is 1. The summed E-state index contributed by atoms with van der Waals surface area (Å²) in [5, 5.41) is 10.4. The molecule has 0 saturated carbocycles. The molecule has 1 aliphatic heterocycles. The minimum absolute atomic E-state index is 0.0879. The molecule has 1 aliphatic rings. The molecular formula is C17H20F2N4O2. The van der Waals surface area contributed by atoms with E-state index in [2.05, 4.69) is 20.5 Å². The normalized spacial score (nSPS) is 17.5. The van der Waals surface area contributed by atoms with Crippen LogP contribution in [0.5, 0.6) is 5.75 Å². The summed E-state index contributed by atoms with van der Waals surface area (Å²) in [5.41, 5.74) is 1.15.